The molecule has 2 aromatic rings. The molecule has 6 nitrogen and oxygen atoms in total. The Morgan fingerprint density at radius 2 is 1.85 bits per heavy atom. The molecule has 142 valence electrons. The topological polar surface area (TPSA) is 76.7 Å². The first-order valence-electron chi connectivity index (χ1n) is 7.96. The van der Waals surface area contributed by atoms with Gasteiger partial charge in [-0.3, -0.25) is 4.79 Å². The first-order chi connectivity index (χ1) is 12.9. The van der Waals surface area contributed by atoms with Crippen molar-refractivity contribution in [3.05, 3.63) is 58.9 Å². The lowest BCUT2D eigenvalue weighted by molar-refractivity contribution is 0.101. The Hall–Kier alpha value is -3.23. The lowest BCUT2D eigenvalue weighted by Crippen LogP contribution is -2.33. The average Bonchev–Trinajstić information content (AvgIpc) is 2.64. The van der Waals surface area contributed by atoms with E-state index in [1.165, 1.54) is 13.2 Å². The van der Waals surface area contributed by atoms with Gasteiger partial charge < -0.3 is 20.1 Å². The Kier molecular flexibility index (Phi) is 5.20. The number of fused-ring (bicyclic) bond motifs is 1. The molecule has 1 unspecified atom stereocenters. The fourth-order valence-corrected chi connectivity index (χ4v) is 2.77. The van der Waals surface area contributed by atoms with Crippen LogP contribution in [-0.2, 0) is 4.74 Å². The second kappa shape index (κ2) is 7.56. The van der Waals surface area contributed by atoms with Gasteiger partial charge in [0.15, 0.2) is 11.6 Å². The summed E-state index contributed by atoms with van der Waals surface area (Å²) in [5.41, 5.74) is -0.0342. The van der Waals surface area contributed by atoms with Crippen LogP contribution in [0.4, 0.5) is 23.7 Å². The van der Waals surface area contributed by atoms with Gasteiger partial charge in [0.05, 0.1) is 19.8 Å². The van der Waals surface area contributed by atoms with Gasteiger partial charge in [-0.25, -0.2) is 18.0 Å². The van der Waals surface area contributed by atoms with E-state index in [0.717, 1.165) is 24.3 Å². The molecule has 0 aromatic heterocycles. The zero-order valence-electron chi connectivity index (χ0n) is 14.1. The summed E-state index contributed by atoms with van der Waals surface area (Å²) in [4.78, 5) is 24.0. The fraction of sp³-hybridized carbons (Fsp3) is 0.222. The van der Waals surface area contributed by atoms with E-state index in [0.29, 0.717) is 12.0 Å². The molecule has 1 heterocycles. The molecule has 3 rings (SSSR count). The van der Waals surface area contributed by atoms with Crippen molar-refractivity contribution in [2.45, 2.75) is 12.5 Å². The summed E-state index contributed by atoms with van der Waals surface area (Å²) in [5.74, 6) is -4.00. The van der Waals surface area contributed by atoms with E-state index in [4.69, 9.17) is 4.74 Å². The van der Waals surface area contributed by atoms with Crippen molar-refractivity contribution in [2.75, 3.05) is 19.0 Å². The van der Waals surface area contributed by atoms with Crippen molar-refractivity contribution in [1.29, 1.82) is 0 Å². The van der Waals surface area contributed by atoms with Gasteiger partial charge in [-0.2, -0.15) is 0 Å². The van der Waals surface area contributed by atoms with Crippen LogP contribution in [0.15, 0.2) is 30.3 Å². The second-order valence-corrected chi connectivity index (χ2v) is 5.75. The smallest absolute Gasteiger partial charge is 0.407 e. The number of alkyl carbamates (subject to hydrolysis) is 1. The molecule has 27 heavy (non-hydrogen) atoms. The van der Waals surface area contributed by atoms with Crippen molar-refractivity contribution in [1.82, 2.24) is 5.32 Å². The summed E-state index contributed by atoms with van der Waals surface area (Å²) in [6, 6.07) is 4.71. The largest absolute Gasteiger partial charge is 0.492 e. The summed E-state index contributed by atoms with van der Waals surface area (Å²) in [6.07, 6.45) is -0.275. The van der Waals surface area contributed by atoms with Crippen LogP contribution in [0.25, 0.3) is 0 Å². The molecule has 2 aromatic carbocycles. The molecule has 2 N–H and O–H groups in total. The first-order valence-corrected chi connectivity index (χ1v) is 7.96. The molecule has 1 atom stereocenters. The molecule has 2 amide bonds. The zero-order chi connectivity index (χ0) is 19.6. The molecule has 0 radical (unpaired) electrons. The second-order valence-electron chi connectivity index (χ2n) is 5.75. The fourth-order valence-electron chi connectivity index (χ4n) is 2.77. The number of amides is 2. The van der Waals surface area contributed by atoms with Crippen LogP contribution < -0.4 is 15.4 Å². The number of carbonyl (C=O) groups excluding carboxylic acids is 2. The molecule has 0 bridgehead atoms. The van der Waals surface area contributed by atoms with E-state index in [2.05, 4.69) is 15.4 Å². The maximum absolute atomic E-state index is 14.3. The van der Waals surface area contributed by atoms with Crippen molar-refractivity contribution < 1.29 is 32.2 Å². The van der Waals surface area contributed by atoms with Crippen molar-refractivity contribution in [3.8, 4) is 5.75 Å². The molecule has 1 aliphatic heterocycles. The van der Waals surface area contributed by atoms with Gasteiger partial charge in [0.1, 0.15) is 17.1 Å². The molecular formula is C18H15F3N2O4. The SMILES string of the molecule is COC(=O)NC1CCOc2c1ccc(F)c2C(=O)Nc1ccc(F)c(F)c1. The highest BCUT2D eigenvalue weighted by Crippen LogP contribution is 2.36. The minimum Gasteiger partial charge on any atom is -0.492 e. The predicted molar refractivity (Wildman–Crippen MR) is 89.1 cm³/mol. The standard InChI is InChI=1S/C18H15F3N2O4/c1-26-18(25)23-14-6-7-27-16-10(14)3-5-12(20)15(16)17(24)22-9-2-4-11(19)13(21)8-9/h2-5,8,14H,6-7H2,1H3,(H,22,24)(H,23,25). The number of benzene rings is 2. The quantitative estimate of drug-likeness (QED) is 0.854. The van der Waals surface area contributed by atoms with E-state index in [-0.39, 0.29) is 18.0 Å². The Balaban J connectivity index is 1.93. The van der Waals surface area contributed by atoms with Crippen LogP contribution in [0.3, 0.4) is 0 Å². The third kappa shape index (κ3) is 3.81. The van der Waals surface area contributed by atoms with E-state index < -0.39 is 41.1 Å². The minimum atomic E-state index is -1.15. The van der Waals surface area contributed by atoms with Crippen LogP contribution in [-0.4, -0.2) is 25.7 Å². The van der Waals surface area contributed by atoms with Crippen LogP contribution in [0.2, 0.25) is 0 Å². The Morgan fingerprint density at radius 3 is 2.56 bits per heavy atom. The maximum atomic E-state index is 14.3. The highest BCUT2D eigenvalue weighted by Gasteiger charge is 2.30. The summed E-state index contributed by atoms with van der Waals surface area (Å²) in [6.45, 7) is 0.135. The average molecular weight is 380 g/mol. The number of ether oxygens (including phenoxy) is 2. The number of halogens is 3. The lowest BCUT2D eigenvalue weighted by Gasteiger charge is -2.27. The highest BCUT2D eigenvalue weighted by molar-refractivity contribution is 6.06. The van der Waals surface area contributed by atoms with Gasteiger partial charge in [0.25, 0.3) is 5.91 Å². The van der Waals surface area contributed by atoms with Gasteiger partial charge in [-0.1, -0.05) is 6.07 Å². The van der Waals surface area contributed by atoms with Crippen molar-refractivity contribution in [3.63, 3.8) is 0 Å². The number of nitrogens with one attached hydrogen (secondary N) is 2. The molecule has 0 saturated carbocycles. The van der Waals surface area contributed by atoms with E-state index in [1.807, 2.05) is 0 Å². The molecule has 0 saturated heterocycles. The molecular weight excluding hydrogens is 365 g/mol. The summed E-state index contributed by atoms with van der Waals surface area (Å²) >= 11 is 0. The van der Waals surface area contributed by atoms with Gasteiger partial charge in [0, 0.05) is 23.7 Å². The highest BCUT2D eigenvalue weighted by atomic mass is 19.2. The molecule has 0 spiro atoms. The lowest BCUT2D eigenvalue weighted by atomic mass is 9.97. The number of hydrogen-bond acceptors (Lipinski definition) is 4. The maximum Gasteiger partial charge on any atom is 0.407 e. The van der Waals surface area contributed by atoms with E-state index in [1.54, 1.807) is 0 Å². The van der Waals surface area contributed by atoms with Crippen LogP contribution >= 0.6 is 0 Å². The Bertz CT molecular complexity index is 904. The van der Waals surface area contributed by atoms with Crippen molar-refractivity contribution >= 4 is 17.7 Å². The number of hydrogen-bond donors (Lipinski definition) is 2. The Morgan fingerprint density at radius 1 is 1.11 bits per heavy atom. The summed E-state index contributed by atoms with van der Waals surface area (Å²) in [5, 5.41) is 4.89. The zero-order valence-corrected chi connectivity index (χ0v) is 14.1. The summed E-state index contributed by atoms with van der Waals surface area (Å²) in [7, 11) is 1.21. The molecule has 9 heteroatoms. The Labute approximate surface area is 152 Å². The molecule has 0 aliphatic carbocycles. The van der Waals surface area contributed by atoms with E-state index in [9.17, 15) is 22.8 Å². The van der Waals surface area contributed by atoms with Crippen LogP contribution in [0.5, 0.6) is 5.75 Å². The normalized spacial score (nSPS) is 15.3. The monoisotopic (exact) mass is 380 g/mol. The van der Waals surface area contributed by atoms with Gasteiger partial charge >= 0.3 is 6.09 Å². The van der Waals surface area contributed by atoms with Gasteiger partial charge in [-0.15, -0.1) is 0 Å². The van der Waals surface area contributed by atoms with Gasteiger partial charge in [0.2, 0.25) is 0 Å². The summed E-state index contributed by atoms with van der Waals surface area (Å²) < 4.78 is 50.7. The van der Waals surface area contributed by atoms with Gasteiger partial charge in [-0.05, 0) is 18.2 Å². The number of anilines is 1. The first kappa shape index (κ1) is 18.6. The molecule has 1 aliphatic rings. The molecule has 0 fully saturated rings. The third-order valence-electron chi connectivity index (χ3n) is 4.05. The predicted octanol–water partition coefficient (Wildman–Crippen LogP) is 3.54. The van der Waals surface area contributed by atoms with Crippen LogP contribution in [0, 0.1) is 17.5 Å². The van der Waals surface area contributed by atoms with E-state index >= 15 is 0 Å². The third-order valence-corrected chi connectivity index (χ3v) is 4.05. The number of methoxy groups -OCH3 is 1. The van der Waals surface area contributed by atoms with Crippen molar-refractivity contribution in [2.24, 2.45) is 0 Å². The van der Waals surface area contributed by atoms with Crippen LogP contribution in [0.1, 0.15) is 28.4 Å². The number of rotatable bonds is 3. The minimum absolute atomic E-state index is 0.0252. The number of carbonyl (C=O) groups is 2.